The molecule has 1 nitrogen and oxygen atoms in total. The van der Waals surface area contributed by atoms with Gasteiger partial charge < -0.3 is 5.11 Å². The van der Waals surface area contributed by atoms with Crippen molar-refractivity contribution < 1.29 is 34.7 Å². The minimum Gasteiger partial charge on any atom is -0.870 e. The van der Waals surface area contributed by atoms with E-state index in [1.54, 1.807) is 0 Å². The Morgan fingerprint density at radius 1 is 0.917 bits per heavy atom. The number of benzene rings is 1. The molecule has 0 unspecified atom stereocenters. The molecule has 0 N–H and O–H groups in total. The molecule has 0 saturated carbocycles. The average molecular weight is 254 g/mol. The normalized spacial score (nSPS) is 9.33. The first-order valence-electron chi connectivity index (χ1n) is 2.54. The van der Waals surface area contributed by atoms with Crippen molar-refractivity contribution in [2.75, 3.05) is 0 Å². The molecule has 0 atom stereocenters. The molecule has 0 saturated heterocycles. The summed E-state index contributed by atoms with van der Waals surface area (Å²) in [7, 11) is 0. The van der Waals surface area contributed by atoms with E-state index in [4.69, 9.17) is 46.4 Å². The SMILES string of the molecule is [Na+].[O-]c1c(Cl)c(Cl)cc(Cl)c1Cl. The Hall–Kier alpha value is 1.18. The van der Waals surface area contributed by atoms with Crippen molar-refractivity contribution in [1.82, 2.24) is 0 Å². The van der Waals surface area contributed by atoms with Gasteiger partial charge >= 0.3 is 29.6 Å². The summed E-state index contributed by atoms with van der Waals surface area (Å²) in [5.74, 6) is -0.536. The molecule has 12 heavy (non-hydrogen) atoms. The van der Waals surface area contributed by atoms with E-state index >= 15 is 0 Å². The summed E-state index contributed by atoms with van der Waals surface area (Å²) in [5.41, 5.74) is 0. The van der Waals surface area contributed by atoms with Crippen molar-refractivity contribution >= 4 is 46.4 Å². The Kier molecular flexibility index (Phi) is 5.67. The van der Waals surface area contributed by atoms with Crippen LogP contribution in [0.15, 0.2) is 6.07 Å². The summed E-state index contributed by atoms with van der Waals surface area (Å²) < 4.78 is 0. The van der Waals surface area contributed by atoms with Crippen LogP contribution in [0.5, 0.6) is 5.75 Å². The van der Waals surface area contributed by atoms with Crippen LogP contribution in [0.25, 0.3) is 0 Å². The number of rotatable bonds is 0. The molecule has 0 aliphatic rings. The maximum absolute atomic E-state index is 11.0. The third-order valence-corrected chi connectivity index (χ3v) is 2.61. The zero-order chi connectivity index (χ0) is 8.59. The Morgan fingerprint density at radius 3 is 1.58 bits per heavy atom. The summed E-state index contributed by atoms with van der Waals surface area (Å²) in [5, 5.41) is 11.0. The Balaban J connectivity index is 0.00000121. The fourth-order valence-electron chi connectivity index (χ4n) is 0.551. The van der Waals surface area contributed by atoms with Gasteiger partial charge in [0.25, 0.3) is 0 Å². The van der Waals surface area contributed by atoms with E-state index in [1.165, 1.54) is 6.07 Å². The topological polar surface area (TPSA) is 23.1 Å². The van der Waals surface area contributed by atoms with Gasteiger partial charge in [0.1, 0.15) is 0 Å². The van der Waals surface area contributed by atoms with Gasteiger partial charge in [0.2, 0.25) is 0 Å². The predicted octanol–water partition coefficient (Wildman–Crippen LogP) is 0.378. The minimum absolute atomic E-state index is 0. The summed E-state index contributed by atoms with van der Waals surface area (Å²) in [6.07, 6.45) is 0. The molecule has 6 heteroatoms. The second-order valence-corrected chi connectivity index (χ2v) is 3.37. The average Bonchev–Trinajstić information content (AvgIpc) is 1.97. The van der Waals surface area contributed by atoms with E-state index in [9.17, 15) is 5.11 Å². The van der Waals surface area contributed by atoms with Crippen LogP contribution < -0.4 is 34.7 Å². The molecule has 0 fully saturated rings. The molecule has 1 aromatic rings. The molecular weight excluding hydrogens is 253 g/mol. The zero-order valence-electron chi connectivity index (χ0n) is 6.00. The molecule has 1 rings (SSSR count). The first kappa shape index (κ1) is 13.2. The first-order chi connectivity index (χ1) is 5.04. The molecule has 0 radical (unpaired) electrons. The van der Waals surface area contributed by atoms with Gasteiger partial charge in [-0.2, -0.15) is 0 Å². The molecule has 0 aromatic heterocycles. The van der Waals surface area contributed by atoms with Crippen LogP contribution in [0.1, 0.15) is 0 Å². The monoisotopic (exact) mass is 252 g/mol. The van der Waals surface area contributed by atoms with Gasteiger partial charge in [0.05, 0.1) is 20.1 Å². The van der Waals surface area contributed by atoms with E-state index in [0.717, 1.165) is 0 Å². The molecule has 60 valence electrons. The Morgan fingerprint density at radius 2 is 1.25 bits per heavy atom. The standard InChI is InChI=1S/C6H2Cl4O.Na/c7-2-1-3(8)5(10)6(11)4(2)9;/h1,11H;/q;+1/p-1. The van der Waals surface area contributed by atoms with Gasteiger partial charge in [0.15, 0.2) is 0 Å². The third kappa shape index (κ3) is 2.58. The van der Waals surface area contributed by atoms with Crippen molar-refractivity contribution in [3.63, 3.8) is 0 Å². The van der Waals surface area contributed by atoms with Crippen LogP contribution in [0, 0.1) is 0 Å². The number of halogens is 4. The van der Waals surface area contributed by atoms with Gasteiger partial charge in [-0.1, -0.05) is 52.2 Å². The molecule has 0 spiro atoms. The van der Waals surface area contributed by atoms with Crippen molar-refractivity contribution in [3.05, 3.63) is 26.2 Å². The van der Waals surface area contributed by atoms with Crippen molar-refractivity contribution in [3.8, 4) is 5.75 Å². The van der Waals surface area contributed by atoms with Crippen LogP contribution in [-0.4, -0.2) is 0 Å². The molecule has 0 heterocycles. The van der Waals surface area contributed by atoms with Crippen molar-refractivity contribution in [2.24, 2.45) is 0 Å². The summed E-state index contributed by atoms with van der Waals surface area (Å²) in [4.78, 5) is 0. The van der Waals surface area contributed by atoms with E-state index < -0.39 is 5.75 Å². The fraction of sp³-hybridized carbons (Fsp3) is 0. The summed E-state index contributed by atoms with van der Waals surface area (Å²) >= 11 is 22.0. The van der Waals surface area contributed by atoms with Gasteiger partial charge in [-0.3, -0.25) is 0 Å². The first-order valence-corrected chi connectivity index (χ1v) is 4.05. The molecule has 0 aliphatic carbocycles. The second kappa shape index (κ2) is 5.16. The Labute approximate surface area is 112 Å². The molecule has 0 amide bonds. The van der Waals surface area contributed by atoms with E-state index in [-0.39, 0.29) is 49.6 Å². The van der Waals surface area contributed by atoms with Crippen LogP contribution in [0.4, 0.5) is 0 Å². The quantitative estimate of drug-likeness (QED) is 0.484. The molecule has 0 bridgehead atoms. The van der Waals surface area contributed by atoms with Crippen LogP contribution in [0.2, 0.25) is 20.1 Å². The second-order valence-electron chi connectivity index (χ2n) is 1.80. The van der Waals surface area contributed by atoms with Gasteiger partial charge in [0, 0.05) is 0 Å². The fourth-order valence-corrected chi connectivity index (χ4v) is 1.34. The van der Waals surface area contributed by atoms with Crippen LogP contribution >= 0.6 is 46.4 Å². The van der Waals surface area contributed by atoms with E-state index in [0.29, 0.717) is 0 Å². The Bertz CT molecular complexity index is 276. The van der Waals surface area contributed by atoms with Gasteiger partial charge in [-0.05, 0) is 6.07 Å². The van der Waals surface area contributed by atoms with Gasteiger partial charge in [-0.15, -0.1) is 0 Å². The molecule has 1 aromatic carbocycles. The van der Waals surface area contributed by atoms with Crippen LogP contribution in [-0.2, 0) is 0 Å². The number of hydrogen-bond acceptors (Lipinski definition) is 1. The maximum Gasteiger partial charge on any atom is 1.00 e. The van der Waals surface area contributed by atoms with Crippen LogP contribution in [0.3, 0.4) is 0 Å². The third-order valence-electron chi connectivity index (χ3n) is 1.07. The number of hydrogen-bond donors (Lipinski definition) is 0. The van der Waals surface area contributed by atoms with Crippen molar-refractivity contribution in [2.45, 2.75) is 0 Å². The van der Waals surface area contributed by atoms with Crippen molar-refractivity contribution in [1.29, 1.82) is 0 Å². The summed E-state index contributed by atoms with van der Waals surface area (Å²) in [6.45, 7) is 0. The van der Waals surface area contributed by atoms with Gasteiger partial charge in [-0.25, -0.2) is 0 Å². The smallest absolute Gasteiger partial charge is 0.870 e. The van der Waals surface area contributed by atoms with E-state index in [1.807, 2.05) is 0 Å². The maximum atomic E-state index is 11.0. The largest absolute Gasteiger partial charge is 1.00 e. The zero-order valence-corrected chi connectivity index (χ0v) is 11.0. The molecule has 0 aliphatic heterocycles. The predicted molar refractivity (Wildman–Crippen MR) is 45.9 cm³/mol. The van der Waals surface area contributed by atoms with E-state index in [2.05, 4.69) is 0 Å². The minimum atomic E-state index is -0.536. The summed E-state index contributed by atoms with van der Waals surface area (Å²) in [6, 6.07) is 1.33. The molecular formula is C6HCl4NaO.